The molecule has 0 aliphatic rings. The number of ether oxygens (including phenoxy) is 1. The van der Waals surface area contributed by atoms with Crippen molar-refractivity contribution in [3.8, 4) is 5.75 Å². The number of benzene rings is 1. The predicted molar refractivity (Wildman–Crippen MR) is 80.6 cm³/mol. The van der Waals surface area contributed by atoms with Crippen LogP contribution >= 0.6 is 0 Å². The zero-order chi connectivity index (χ0) is 14.6. The minimum Gasteiger partial charge on any atom is -0.497 e. The first-order valence-corrected chi connectivity index (χ1v) is 6.97. The van der Waals surface area contributed by atoms with Gasteiger partial charge in [-0.15, -0.1) is 0 Å². The van der Waals surface area contributed by atoms with Gasteiger partial charge in [0, 0.05) is 19.2 Å². The van der Waals surface area contributed by atoms with Crippen molar-refractivity contribution >= 4 is 12.0 Å². The fourth-order valence-corrected chi connectivity index (χ4v) is 1.78. The van der Waals surface area contributed by atoms with Gasteiger partial charge in [-0.05, 0) is 36.6 Å². The Morgan fingerprint density at radius 1 is 1.30 bits per heavy atom. The van der Waals surface area contributed by atoms with Crippen LogP contribution in [0.5, 0.6) is 5.75 Å². The summed E-state index contributed by atoms with van der Waals surface area (Å²) < 4.78 is 5.12. The van der Waals surface area contributed by atoms with Gasteiger partial charge >= 0.3 is 0 Å². The van der Waals surface area contributed by atoms with Crippen molar-refractivity contribution in [3.63, 3.8) is 0 Å². The molecular weight excluding hydrogens is 254 g/mol. The van der Waals surface area contributed by atoms with Crippen LogP contribution in [0.25, 0.3) is 6.08 Å². The molecular formula is C16H23NO3. The Morgan fingerprint density at radius 3 is 2.85 bits per heavy atom. The molecule has 1 rings (SSSR count). The van der Waals surface area contributed by atoms with Crippen LogP contribution in [0.2, 0.25) is 0 Å². The zero-order valence-corrected chi connectivity index (χ0v) is 12.0. The van der Waals surface area contributed by atoms with Gasteiger partial charge in [0.1, 0.15) is 5.75 Å². The molecule has 0 aromatic heterocycles. The second-order valence-electron chi connectivity index (χ2n) is 4.54. The molecule has 1 amide bonds. The smallest absolute Gasteiger partial charge is 0.243 e. The molecule has 0 bridgehead atoms. The van der Waals surface area contributed by atoms with Gasteiger partial charge in [0.2, 0.25) is 5.91 Å². The molecule has 0 fully saturated rings. The lowest BCUT2D eigenvalue weighted by molar-refractivity contribution is -0.116. The van der Waals surface area contributed by atoms with Crippen molar-refractivity contribution in [1.82, 2.24) is 5.32 Å². The van der Waals surface area contributed by atoms with Crippen LogP contribution in [-0.4, -0.2) is 31.3 Å². The van der Waals surface area contributed by atoms with Gasteiger partial charge in [0.05, 0.1) is 7.11 Å². The average molecular weight is 277 g/mol. The van der Waals surface area contributed by atoms with Gasteiger partial charge in [-0.3, -0.25) is 4.79 Å². The largest absolute Gasteiger partial charge is 0.497 e. The molecule has 4 nitrogen and oxygen atoms in total. The lowest BCUT2D eigenvalue weighted by Gasteiger charge is -2.02. The standard InChI is InChI=1S/C16H23NO3/c1-20-15-8-6-7-14(13-15)9-10-16(19)17-11-4-2-3-5-12-18/h6-10,13,18H,2-5,11-12H2,1H3,(H,17,19)/b10-9+. The van der Waals surface area contributed by atoms with Crippen molar-refractivity contribution in [2.45, 2.75) is 25.7 Å². The van der Waals surface area contributed by atoms with Gasteiger partial charge in [-0.25, -0.2) is 0 Å². The topological polar surface area (TPSA) is 58.6 Å². The first-order valence-electron chi connectivity index (χ1n) is 6.97. The van der Waals surface area contributed by atoms with E-state index in [9.17, 15) is 4.79 Å². The van der Waals surface area contributed by atoms with Crippen molar-refractivity contribution in [1.29, 1.82) is 0 Å². The summed E-state index contributed by atoms with van der Waals surface area (Å²) in [6.07, 6.45) is 7.11. The second-order valence-corrected chi connectivity index (χ2v) is 4.54. The molecule has 0 atom stereocenters. The molecule has 0 spiro atoms. The van der Waals surface area contributed by atoms with Crippen LogP contribution in [0, 0.1) is 0 Å². The van der Waals surface area contributed by atoms with Crippen LogP contribution in [0.15, 0.2) is 30.3 Å². The highest BCUT2D eigenvalue weighted by molar-refractivity contribution is 5.91. The maximum Gasteiger partial charge on any atom is 0.243 e. The first kappa shape index (κ1) is 16.2. The summed E-state index contributed by atoms with van der Waals surface area (Å²) in [5, 5.41) is 11.5. The molecule has 0 unspecified atom stereocenters. The van der Waals surface area contributed by atoms with Crippen LogP contribution in [0.1, 0.15) is 31.2 Å². The van der Waals surface area contributed by atoms with E-state index in [1.807, 2.05) is 24.3 Å². The van der Waals surface area contributed by atoms with Gasteiger partial charge in [-0.1, -0.05) is 25.0 Å². The summed E-state index contributed by atoms with van der Waals surface area (Å²) >= 11 is 0. The molecule has 0 aliphatic carbocycles. The minimum atomic E-state index is -0.0880. The summed E-state index contributed by atoms with van der Waals surface area (Å²) in [6, 6.07) is 7.54. The van der Waals surface area contributed by atoms with Crippen molar-refractivity contribution in [3.05, 3.63) is 35.9 Å². The maximum absolute atomic E-state index is 11.6. The maximum atomic E-state index is 11.6. The second kappa shape index (κ2) is 10.0. The summed E-state index contributed by atoms with van der Waals surface area (Å²) in [5.41, 5.74) is 0.933. The Hall–Kier alpha value is -1.81. The van der Waals surface area contributed by atoms with Crippen LogP contribution in [-0.2, 0) is 4.79 Å². The molecule has 2 N–H and O–H groups in total. The Balaban J connectivity index is 2.25. The predicted octanol–water partition coefficient (Wildman–Crippen LogP) is 2.38. The van der Waals surface area contributed by atoms with E-state index in [0.29, 0.717) is 6.54 Å². The third kappa shape index (κ3) is 6.95. The van der Waals surface area contributed by atoms with Gasteiger partial charge in [-0.2, -0.15) is 0 Å². The van der Waals surface area contributed by atoms with Crippen LogP contribution in [0.3, 0.4) is 0 Å². The van der Waals surface area contributed by atoms with E-state index >= 15 is 0 Å². The quantitative estimate of drug-likeness (QED) is 0.538. The van der Waals surface area contributed by atoms with Crippen molar-refractivity contribution in [2.24, 2.45) is 0 Å². The number of rotatable bonds is 9. The fourth-order valence-electron chi connectivity index (χ4n) is 1.78. The Bertz CT molecular complexity index is 429. The number of methoxy groups -OCH3 is 1. The summed E-state index contributed by atoms with van der Waals surface area (Å²) in [5.74, 6) is 0.686. The normalized spacial score (nSPS) is 10.7. The molecule has 110 valence electrons. The molecule has 20 heavy (non-hydrogen) atoms. The number of carbonyl (C=O) groups excluding carboxylic acids is 1. The number of aliphatic hydroxyl groups excluding tert-OH is 1. The number of aliphatic hydroxyl groups is 1. The summed E-state index contributed by atoms with van der Waals surface area (Å²) in [7, 11) is 1.62. The minimum absolute atomic E-state index is 0.0880. The lowest BCUT2D eigenvalue weighted by Crippen LogP contribution is -2.21. The Kier molecular flexibility index (Phi) is 8.15. The van der Waals surface area contributed by atoms with Crippen molar-refractivity contribution < 1.29 is 14.6 Å². The Morgan fingerprint density at radius 2 is 2.10 bits per heavy atom. The van der Waals surface area contributed by atoms with E-state index in [1.165, 1.54) is 6.08 Å². The van der Waals surface area contributed by atoms with E-state index in [0.717, 1.165) is 37.0 Å². The number of nitrogens with one attached hydrogen (secondary N) is 1. The average Bonchev–Trinajstić information content (AvgIpc) is 2.49. The van der Waals surface area contributed by atoms with E-state index in [4.69, 9.17) is 9.84 Å². The van der Waals surface area contributed by atoms with E-state index in [1.54, 1.807) is 13.2 Å². The number of hydrogen-bond acceptors (Lipinski definition) is 3. The molecule has 0 aliphatic heterocycles. The van der Waals surface area contributed by atoms with Gasteiger partial charge < -0.3 is 15.2 Å². The molecule has 4 heteroatoms. The third-order valence-corrected chi connectivity index (χ3v) is 2.91. The summed E-state index contributed by atoms with van der Waals surface area (Å²) in [4.78, 5) is 11.6. The highest BCUT2D eigenvalue weighted by Crippen LogP contribution is 2.13. The number of amides is 1. The lowest BCUT2D eigenvalue weighted by atomic mass is 10.2. The van der Waals surface area contributed by atoms with E-state index < -0.39 is 0 Å². The van der Waals surface area contributed by atoms with Gasteiger partial charge in [0.25, 0.3) is 0 Å². The summed E-state index contributed by atoms with van der Waals surface area (Å²) in [6.45, 7) is 0.919. The molecule has 1 aromatic rings. The molecule has 0 heterocycles. The SMILES string of the molecule is COc1cccc(/C=C/C(=O)NCCCCCCO)c1. The molecule has 0 saturated carbocycles. The number of hydrogen-bond donors (Lipinski definition) is 2. The van der Waals surface area contributed by atoms with E-state index in [-0.39, 0.29) is 12.5 Å². The highest BCUT2D eigenvalue weighted by Gasteiger charge is 1.96. The number of unbranched alkanes of at least 4 members (excludes halogenated alkanes) is 3. The molecule has 0 radical (unpaired) electrons. The van der Waals surface area contributed by atoms with E-state index in [2.05, 4.69) is 5.32 Å². The molecule has 0 saturated heterocycles. The molecule has 1 aromatic carbocycles. The number of carbonyl (C=O) groups is 1. The van der Waals surface area contributed by atoms with Crippen LogP contribution in [0.4, 0.5) is 0 Å². The Labute approximate surface area is 120 Å². The highest BCUT2D eigenvalue weighted by atomic mass is 16.5. The van der Waals surface area contributed by atoms with Crippen molar-refractivity contribution in [2.75, 3.05) is 20.3 Å². The third-order valence-electron chi connectivity index (χ3n) is 2.91. The first-order chi connectivity index (χ1) is 9.76. The fraction of sp³-hybridized carbons (Fsp3) is 0.438. The zero-order valence-electron chi connectivity index (χ0n) is 12.0. The van der Waals surface area contributed by atoms with Gasteiger partial charge in [0.15, 0.2) is 0 Å². The monoisotopic (exact) mass is 277 g/mol. The van der Waals surface area contributed by atoms with Crippen LogP contribution < -0.4 is 10.1 Å².